The Hall–Kier alpha value is -4.01. The van der Waals surface area contributed by atoms with Crippen molar-refractivity contribution in [3.63, 3.8) is 0 Å². The predicted octanol–water partition coefficient (Wildman–Crippen LogP) is 5.43. The molecular formula is C27H24F3NO5. The lowest BCUT2D eigenvalue weighted by Crippen LogP contribution is -2.23. The summed E-state index contributed by atoms with van der Waals surface area (Å²) in [6.07, 6.45) is -3.89. The van der Waals surface area contributed by atoms with E-state index in [1.807, 2.05) is 18.2 Å². The molecule has 4 rings (SSSR count). The van der Waals surface area contributed by atoms with Crippen molar-refractivity contribution in [3.8, 4) is 11.5 Å². The summed E-state index contributed by atoms with van der Waals surface area (Å²) in [6, 6.07) is 17.0. The fraction of sp³-hybridized carbons (Fsp3) is 0.259. The van der Waals surface area contributed by atoms with Crippen LogP contribution in [0.25, 0.3) is 0 Å². The fourth-order valence-electron chi connectivity index (χ4n) is 3.89. The van der Waals surface area contributed by atoms with Gasteiger partial charge in [-0.1, -0.05) is 18.2 Å². The average Bonchev–Trinajstić information content (AvgIpc) is 3.20. The van der Waals surface area contributed by atoms with Crippen LogP contribution in [0.4, 0.5) is 18.9 Å². The Morgan fingerprint density at radius 3 is 2.47 bits per heavy atom. The molecule has 0 aromatic heterocycles. The van der Waals surface area contributed by atoms with Crippen molar-refractivity contribution in [2.24, 2.45) is 0 Å². The first kappa shape index (κ1) is 25.1. The van der Waals surface area contributed by atoms with Gasteiger partial charge in [0, 0.05) is 23.2 Å². The van der Waals surface area contributed by atoms with Gasteiger partial charge in [-0.2, -0.15) is 13.2 Å². The predicted molar refractivity (Wildman–Crippen MR) is 126 cm³/mol. The third-order valence-electron chi connectivity index (χ3n) is 5.64. The molecule has 0 saturated carbocycles. The minimum Gasteiger partial charge on any atom is -0.493 e. The Kier molecular flexibility index (Phi) is 7.47. The van der Waals surface area contributed by atoms with Crippen molar-refractivity contribution in [1.82, 2.24) is 0 Å². The molecule has 0 aliphatic carbocycles. The molecule has 36 heavy (non-hydrogen) atoms. The van der Waals surface area contributed by atoms with Crippen molar-refractivity contribution in [3.05, 3.63) is 89.0 Å². The van der Waals surface area contributed by atoms with Gasteiger partial charge in [0.05, 0.1) is 25.3 Å². The first-order valence-corrected chi connectivity index (χ1v) is 11.4. The smallest absolute Gasteiger partial charge is 0.416 e. The third kappa shape index (κ3) is 5.79. The number of benzene rings is 3. The van der Waals surface area contributed by atoms with Crippen LogP contribution < -0.4 is 14.4 Å². The summed E-state index contributed by atoms with van der Waals surface area (Å²) in [7, 11) is 0. The molecule has 0 atom stereocenters. The van der Waals surface area contributed by atoms with Gasteiger partial charge >= 0.3 is 12.1 Å². The highest BCUT2D eigenvalue weighted by Crippen LogP contribution is 2.36. The maximum atomic E-state index is 12.9. The largest absolute Gasteiger partial charge is 0.493 e. The first-order chi connectivity index (χ1) is 17.3. The molecule has 1 heterocycles. The van der Waals surface area contributed by atoms with Crippen LogP contribution in [-0.4, -0.2) is 31.7 Å². The highest BCUT2D eigenvalue weighted by Gasteiger charge is 2.33. The molecular weight excluding hydrogens is 475 g/mol. The molecule has 0 bridgehead atoms. The van der Waals surface area contributed by atoms with E-state index in [2.05, 4.69) is 0 Å². The van der Waals surface area contributed by atoms with E-state index in [0.29, 0.717) is 41.3 Å². The maximum Gasteiger partial charge on any atom is 0.416 e. The summed E-state index contributed by atoms with van der Waals surface area (Å²) in [4.78, 5) is 25.8. The minimum absolute atomic E-state index is 0.173. The van der Waals surface area contributed by atoms with E-state index in [4.69, 9.17) is 14.2 Å². The number of carbonyl (C=O) groups is 2. The number of amides is 1. The number of fused-ring (bicyclic) bond motifs is 1. The summed E-state index contributed by atoms with van der Waals surface area (Å²) in [5.41, 5.74) is 1.70. The van der Waals surface area contributed by atoms with Crippen LogP contribution in [0, 0.1) is 0 Å². The molecule has 188 valence electrons. The summed E-state index contributed by atoms with van der Waals surface area (Å²) in [5, 5.41) is 0. The number of halogens is 3. The van der Waals surface area contributed by atoms with Gasteiger partial charge in [-0.25, -0.2) is 4.79 Å². The van der Waals surface area contributed by atoms with Gasteiger partial charge in [0.25, 0.3) is 5.91 Å². The lowest BCUT2D eigenvalue weighted by Gasteiger charge is -2.17. The van der Waals surface area contributed by atoms with Crippen LogP contribution in [-0.2, 0) is 28.7 Å². The third-order valence-corrected chi connectivity index (χ3v) is 5.64. The van der Waals surface area contributed by atoms with E-state index in [1.165, 1.54) is 17.0 Å². The molecule has 1 amide bonds. The maximum absolute atomic E-state index is 12.9. The molecule has 0 radical (unpaired) electrons. The Bertz CT molecular complexity index is 1240. The lowest BCUT2D eigenvalue weighted by molar-refractivity contribution is -0.145. The van der Waals surface area contributed by atoms with E-state index in [0.717, 1.165) is 17.7 Å². The van der Waals surface area contributed by atoms with Crippen LogP contribution in [0.2, 0.25) is 0 Å². The molecule has 1 aliphatic rings. The number of anilines is 1. The zero-order chi connectivity index (χ0) is 25.7. The number of carbonyl (C=O) groups excluding carboxylic acids is 2. The summed E-state index contributed by atoms with van der Waals surface area (Å²) >= 11 is 0. The number of hydrogen-bond donors (Lipinski definition) is 0. The molecule has 3 aromatic carbocycles. The van der Waals surface area contributed by atoms with E-state index < -0.39 is 17.7 Å². The molecule has 0 saturated heterocycles. The molecule has 9 heteroatoms. The highest BCUT2D eigenvalue weighted by molar-refractivity contribution is 6.10. The molecule has 0 unspecified atom stereocenters. The number of nitrogens with zero attached hydrogens (tertiary/aromatic N) is 1. The van der Waals surface area contributed by atoms with Gasteiger partial charge < -0.3 is 19.1 Å². The van der Waals surface area contributed by atoms with Crippen LogP contribution in [0.15, 0.2) is 66.7 Å². The molecule has 0 fully saturated rings. The Morgan fingerprint density at radius 1 is 1.00 bits per heavy atom. The van der Waals surface area contributed by atoms with Crippen LogP contribution >= 0.6 is 0 Å². The van der Waals surface area contributed by atoms with E-state index >= 15 is 0 Å². The summed E-state index contributed by atoms with van der Waals surface area (Å²) < 4.78 is 54.9. The fourth-order valence-corrected chi connectivity index (χ4v) is 3.89. The zero-order valence-corrected chi connectivity index (χ0v) is 19.5. The minimum atomic E-state index is -4.44. The number of esters is 1. The monoisotopic (exact) mass is 499 g/mol. The Balaban J connectivity index is 1.38. The van der Waals surface area contributed by atoms with Crippen LogP contribution in [0.5, 0.6) is 11.5 Å². The van der Waals surface area contributed by atoms with Crippen molar-refractivity contribution in [1.29, 1.82) is 0 Å². The van der Waals surface area contributed by atoms with E-state index in [9.17, 15) is 22.8 Å². The second kappa shape index (κ2) is 10.7. The van der Waals surface area contributed by atoms with Crippen LogP contribution in [0.1, 0.15) is 34.0 Å². The standard InChI is InChI=1S/C27H24F3NO5/c1-2-34-25(32)17-36-21-6-3-5-18(15-21)13-14-35-24-8-4-7-22-23(24)16-31(26(22)33)20-11-9-19(10-12-20)27(28,29)30/h3-12,15H,2,13-14,16-17H2,1H3. The average molecular weight is 499 g/mol. The topological polar surface area (TPSA) is 65.1 Å². The molecule has 3 aromatic rings. The van der Waals surface area contributed by atoms with Crippen molar-refractivity contribution >= 4 is 17.6 Å². The van der Waals surface area contributed by atoms with Crippen molar-refractivity contribution in [2.45, 2.75) is 26.1 Å². The Labute approximate surface area is 206 Å². The molecule has 1 aliphatic heterocycles. The van der Waals surface area contributed by atoms with Crippen molar-refractivity contribution in [2.75, 3.05) is 24.7 Å². The van der Waals surface area contributed by atoms with Gasteiger partial charge in [0.15, 0.2) is 6.61 Å². The van der Waals surface area contributed by atoms with Gasteiger partial charge in [-0.15, -0.1) is 0 Å². The van der Waals surface area contributed by atoms with Gasteiger partial charge in [0.1, 0.15) is 11.5 Å². The second-order valence-electron chi connectivity index (χ2n) is 8.06. The van der Waals surface area contributed by atoms with Gasteiger partial charge in [-0.3, -0.25) is 4.79 Å². The molecule has 0 spiro atoms. The number of ether oxygens (including phenoxy) is 3. The summed E-state index contributed by atoms with van der Waals surface area (Å²) in [6.45, 7) is 2.37. The Morgan fingerprint density at radius 2 is 1.75 bits per heavy atom. The highest BCUT2D eigenvalue weighted by atomic mass is 19.4. The van der Waals surface area contributed by atoms with Crippen LogP contribution in [0.3, 0.4) is 0 Å². The zero-order valence-electron chi connectivity index (χ0n) is 19.5. The molecule has 0 N–H and O–H groups in total. The number of rotatable bonds is 9. The normalized spacial score (nSPS) is 12.9. The number of alkyl halides is 3. The van der Waals surface area contributed by atoms with E-state index in [1.54, 1.807) is 31.2 Å². The second-order valence-corrected chi connectivity index (χ2v) is 8.06. The quantitative estimate of drug-likeness (QED) is 0.368. The van der Waals surface area contributed by atoms with E-state index in [-0.39, 0.29) is 25.7 Å². The SMILES string of the molecule is CCOC(=O)COc1cccc(CCOc2cccc3c2CN(c2ccc(C(F)(F)F)cc2)C3=O)c1. The van der Waals surface area contributed by atoms with Gasteiger partial charge in [-0.05, 0) is 61.0 Å². The first-order valence-electron chi connectivity index (χ1n) is 11.4. The summed E-state index contributed by atoms with van der Waals surface area (Å²) in [5.74, 6) is 0.356. The number of hydrogen-bond acceptors (Lipinski definition) is 5. The van der Waals surface area contributed by atoms with Gasteiger partial charge in [0.2, 0.25) is 0 Å². The lowest BCUT2D eigenvalue weighted by atomic mass is 10.1. The van der Waals surface area contributed by atoms with Crippen molar-refractivity contribution < 1.29 is 37.0 Å². The molecule has 6 nitrogen and oxygen atoms in total.